The SMILES string of the molecule is O=C(CC1COCCN1)NCc1c(F)cccc1Cl. The van der Waals surface area contributed by atoms with E-state index in [2.05, 4.69) is 10.6 Å². The first-order valence-corrected chi connectivity index (χ1v) is 6.55. The highest BCUT2D eigenvalue weighted by molar-refractivity contribution is 6.31. The first kappa shape index (κ1) is 14.2. The molecule has 19 heavy (non-hydrogen) atoms. The van der Waals surface area contributed by atoms with Gasteiger partial charge >= 0.3 is 0 Å². The van der Waals surface area contributed by atoms with Gasteiger partial charge in [-0.3, -0.25) is 4.79 Å². The number of rotatable bonds is 4. The van der Waals surface area contributed by atoms with Crippen LogP contribution in [0, 0.1) is 5.82 Å². The summed E-state index contributed by atoms with van der Waals surface area (Å²) >= 11 is 5.88. The lowest BCUT2D eigenvalue weighted by Gasteiger charge is -2.23. The van der Waals surface area contributed by atoms with Gasteiger partial charge in [-0.2, -0.15) is 0 Å². The molecule has 104 valence electrons. The summed E-state index contributed by atoms with van der Waals surface area (Å²) in [7, 11) is 0. The lowest BCUT2D eigenvalue weighted by atomic mass is 10.1. The van der Waals surface area contributed by atoms with Gasteiger partial charge in [0.15, 0.2) is 0 Å². The van der Waals surface area contributed by atoms with E-state index in [1.54, 1.807) is 6.07 Å². The summed E-state index contributed by atoms with van der Waals surface area (Å²) in [6.45, 7) is 2.03. The van der Waals surface area contributed by atoms with Crippen LogP contribution in [0.5, 0.6) is 0 Å². The Bertz CT molecular complexity index is 430. The highest BCUT2D eigenvalue weighted by atomic mass is 35.5. The second kappa shape index (κ2) is 6.84. The van der Waals surface area contributed by atoms with Gasteiger partial charge in [0.1, 0.15) is 5.82 Å². The van der Waals surface area contributed by atoms with Gasteiger partial charge in [0.2, 0.25) is 5.91 Å². The largest absolute Gasteiger partial charge is 0.378 e. The molecule has 4 nitrogen and oxygen atoms in total. The van der Waals surface area contributed by atoms with Crippen LogP contribution in [0.2, 0.25) is 5.02 Å². The zero-order chi connectivity index (χ0) is 13.7. The first-order chi connectivity index (χ1) is 9.16. The van der Waals surface area contributed by atoms with E-state index in [1.807, 2.05) is 0 Å². The van der Waals surface area contributed by atoms with Crippen LogP contribution < -0.4 is 10.6 Å². The number of halogens is 2. The summed E-state index contributed by atoms with van der Waals surface area (Å²) in [6, 6.07) is 4.48. The molecule has 1 aromatic rings. The van der Waals surface area contributed by atoms with E-state index in [0.29, 0.717) is 30.2 Å². The third kappa shape index (κ3) is 4.16. The number of hydrogen-bond donors (Lipinski definition) is 2. The van der Waals surface area contributed by atoms with Crippen LogP contribution >= 0.6 is 11.6 Å². The molecule has 0 bridgehead atoms. The Labute approximate surface area is 116 Å². The summed E-state index contributed by atoms with van der Waals surface area (Å²) in [5.41, 5.74) is 0.311. The Balaban J connectivity index is 1.83. The number of amides is 1. The number of morpholine rings is 1. The van der Waals surface area contributed by atoms with Crippen molar-refractivity contribution in [2.75, 3.05) is 19.8 Å². The standard InChI is InChI=1S/C13H16ClFN2O2/c14-11-2-1-3-12(15)10(11)7-17-13(18)6-9-8-19-5-4-16-9/h1-3,9,16H,4-8H2,(H,17,18). The monoisotopic (exact) mass is 286 g/mol. The van der Waals surface area contributed by atoms with Crippen molar-refractivity contribution in [3.63, 3.8) is 0 Å². The lowest BCUT2D eigenvalue weighted by Crippen LogP contribution is -2.44. The Morgan fingerprint density at radius 1 is 1.58 bits per heavy atom. The van der Waals surface area contributed by atoms with Crippen LogP contribution in [0.3, 0.4) is 0 Å². The topological polar surface area (TPSA) is 50.4 Å². The van der Waals surface area contributed by atoms with Crippen LogP contribution in [0.25, 0.3) is 0 Å². The maximum atomic E-state index is 13.5. The zero-order valence-corrected chi connectivity index (χ0v) is 11.2. The van der Waals surface area contributed by atoms with Crippen LogP contribution in [-0.2, 0) is 16.1 Å². The Morgan fingerprint density at radius 3 is 3.11 bits per heavy atom. The van der Waals surface area contributed by atoms with Crippen molar-refractivity contribution in [3.05, 3.63) is 34.6 Å². The maximum Gasteiger partial charge on any atom is 0.221 e. The summed E-state index contributed by atoms with van der Waals surface area (Å²) in [5, 5.41) is 6.17. The molecule has 1 aliphatic heterocycles. The minimum absolute atomic E-state index is 0.0184. The van der Waals surface area contributed by atoms with E-state index in [0.717, 1.165) is 6.54 Å². The predicted octanol–water partition coefficient (Wildman–Crippen LogP) is 1.47. The number of hydrogen-bond acceptors (Lipinski definition) is 3. The summed E-state index contributed by atoms with van der Waals surface area (Å²) < 4.78 is 18.8. The van der Waals surface area contributed by atoms with Crippen molar-refractivity contribution in [1.82, 2.24) is 10.6 Å². The fraction of sp³-hybridized carbons (Fsp3) is 0.462. The fourth-order valence-corrected chi connectivity index (χ4v) is 2.16. The van der Waals surface area contributed by atoms with Gasteiger partial charge in [-0.15, -0.1) is 0 Å². The molecule has 2 rings (SSSR count). The molecule has 0 aliphatic carbocycles. The average molecular weight is 287 g/mol. The van der Waals surface area contributed by atoms with Gasteiger partial charge in [0, 0.05) is 36.1 Å². The van der Waals surface area contributed by atoms with Gasteiger partial charge in [-0.05, 0) is 12.1 Å². The van der Waals surface area contributed by atoms with Crippen molar-refractivity contribution < 1.29 is 13.9 Å². The molecule has 1 amide bonds. The maximum absolute atomic E-state index is 13.5. The zero-order valence-electron chi connectivity index (χ0n) is 10.4. The summed E-state index contributed by atoms with van der Waals surface area (Å²) in [6.07, 6.45) is 0.312. The smallest absolute Gasteiger partial charge is 0.221 e. The van der Waals surface area contributed by atoms with Crippen LogP contribution in [0.4, 0.5) is 4.39 Å². The summed E-state index contributed by atoms with van der Waals surface area (Å²) in [5.74, 6) is -0.561. The molecule has 1 fully saturated rings. The van der Waals surface area contributed by atoms with Gasteiger partial charge < -0.3 is 15.4 Å². The minimum Gasteiger partial charge on any atom is -0.378 e. The molecule has 0 radical (unpaired) electrons. The number of carbonyl (C=O) groups is 1. The Morgan fingerprint density at radius 2 is 2.42 bits per heavy atom. The van der Waals surface area contributed by atoms with E-state index < -0.39 is 5.82 Å². The second-order valence-electron chi connectivity index (χ2n) is 4.41. The first-order valence-electron chi connectivity index (χ1n) is 6.17. The lowest BCUT2D eigenvalue weighted by molar-refractivity contribution is -0.122. The molecule has 0 saturated carbocycles. The molecule has 1 saturated heterocycles. The highest BCUT2D eigenvalue weighted by Gasteiger charge is 2.17. The molecule has 2 N–H and O–H groups in total. The van der Waals surface area contributed by atoms with Crippen molar-refractivity contribution >= 4 is 17.5 Å². The molecule has 0 aromatic heterocycles. The number of nitrogens with one attached hydrogen (secondary N) is 2. The van der Waals surface area contributed by atoms with E-state index in [-0.39, 0.29) is 18.5 Å². The highest BCUT2D eigenvalue weighted by Crippen LogP contribution is 2.18. The normalized spacial score (nSPS) is 19.2. The van der Waals surface area contributed by atoms with Crippen LogP contribution in [0.15, 0.2) is 18.2 Å². The van der Waals surface area contributed by atoms with Gasteiger partial charge in [-0.25, -0.2) is 4.39 Å². The van der Waals surface area contributed by atoms with Gasteiger partial charge in [-0.1, -0.05) is 17.7 Å². The van der Waals surface area contributed by atoms with Crippen molar-refractivity contribution in [3.8, 4) is 0 Å². The Hall–Kier alpha value is -1.17. The number of carbonyl (C=O) groups excluding carboxylic acids is 1. The second-order valence-corrected chi connectivity index (χ2v) is 4.81. The van der Waals surface area contributed by atoms with E-state index in [9.17, 15) is 9.18 Å². The van der Waals surface area contributed by atoms with Crippen molar-refractivity contribution in [1.29, 1.82) is 0 Å². The van der Waals surface area contributed by atoms with Crippen LogP contribution in [0.1, 0.15) is 12.0 Å². The average Bonchev–Trinajstić information content (AvgIpc) is 2.39. The fourth-order valence-electron chi connectivity index (χ4n) is 1.93. The predicted molar refractivity (Wildman–Crippen MR) is 70.5 cm³/mol. The molecule has 6 heteroatoms. The third-order valence-electron chi connectivity index (χ3n) is 2.95. The van der Waals surface area contributed by atoms with Gasteiger partial charge in [0.25, 0.3) is 0 Å². The van der Waals surface area contributed by atoms with E-state index >= 15 is 0 Å². The molecular weight excluding hydrogens is 271 g/mol. The molecule has 1 atom stereocenters. The molecular formula is C13H16ClFN2O2. The Kier molecular flexibility index (Phi) is 5.13. The van der Waals surface area contributed by atoms with Crippen molar-refractivity contribution in [2.45, 2.75) is 19.0 Å². The van der Waals surface area contributed by atoms with E-state index in [4.69, 9.17) is 16.3 Å². The molecule has 1 aromatic carbocycles. The molecule has 1 heterocycles. The third-order valence-corrected chi connectivity index (χ3v) is 3.31. The molecule has 1 aliphatic rings. The molecule has 1 unspecified atom stereocenters. The summed E-state index contributed by atoms with van der Waals surface area (Å²) in [4.78, 5) is 11.7. The quantitative estimate of drug-likeness (QED) is 0.881. The van der Waals surface area contributed by atoms with Crippen LogP contribution in [-0.4, -0.2) is 31.7 Å². The number of benzene rings is 1. The van der Waals surface area contributed by atoms with Crippen molar-refractivity contribution in [2.24, 2.45) is 0 Å². The minimum atomic E-state index is -0.410. The molecule has 0 spiro atoms. The van der Waals surface area contributed by atoms with Gasteiger partial charge in [0.05, 0.1) is 13.2 Å². The number of ether oxygens (including phenoxy) is 1. The van der Waals surface area contributed by atoms with E-state index in [1.165, 1.54) is 12.1 Å².